The van der Waals surface area contributed by atoms with Crippen molar-refractivity contribution in [2.24, 2.45) is 0 Å². The van der Waals surface area contributed by atoms with Gasteiger partial charge in [0, 0.05) is 31.8 Å². The van der Waals surface area contributed by atoms with E-state index in [1.807, 2.05) is 0 Å². The lowest BCUT2D eigenvalue weighted by Crippen LogP contribution is -2.32. The van der Waals surface area contributed by atoms with Crippen LogP contribution in [0.15, 0.2) is 31.1 Å². The molecular formula is C7H10N4O2S. The predicted molar refractivity (Wildman–Crippen MR) is 50.2 cm³/mol. The standard InChI is InChI=1S/C7H10N4O2S/c1-9-4-5-11(7-9)14(12,13)10-3-2-8-6-10/h2-6H,7H2,1H3. The Balaban J connectivity index is 2.31. The lowest BCUT2D eigenvalue weighted by atomic mass is 10.9. The lowest BCUT2D eigenvalue weighted by molar-refractivity contribution is 0.382. The minimum absolute atomic E-state index is 0.334. The lowest BCUT2D eigenvalue weighted by Gasteiger charge is -2.17. The molecule has 2 rings (SSSR count). The topological polar surface area (TPSA) is 58.4 Å². The van der Waals surface area contributed by atoms with E-state index >= 15 is 0 Å². The molecule has 0 aliphatic carbocycles. The summed E-state index contributed by atoms with van der Waals surface area (Å²) < 4.78 is 25.9. The van der Waals surface area contributed by atoms with Gasteiger partial charge in [-0.15, -0.1) is 0 Å². The Morgan fingerprint density at radius 1 is 1.36 bits per heavy atom. The van der Waals surface area contributed by atoms with Gasteiger partial charge in [0.1, 0.15) is 13.0 Å². The molecule has 0 bridgehead atoms. The molecule has 2 heterocycles. The highest BCUT2D eigenvalue weighted by Crippen LogP contribution is 2.11. The van der Waals surface area contributed by atoms with Crippen LogP contribution in [0.4, 0.5) is 0 Å². The van der Waals surface area contributed by atoms with Crippen LogP contribution >= 0.6 is 0 Å². The third-order valence-corrected chi connectivity index (χ3v) is 3.47. The van der Waals surface area contributed by atoms with Gasteiger partial charge in [-0.3, -0.25) is 0 Å². The maximum absolute atomic E-state index is 11.8. The van der Waals surface area contributed by atoms with Crippen LogP contribution in [0.2, 0.25) is 0 Å². The number of aromatic nitrogens is 2. The molecule has 1 aliphatic heterocycles. The normalized spacial score (nSPS) is 16.6. The molecule has 6 nitrogen and oxygen atoms in total. The average molecular weight is 214 g/mol. The summed E-state index contributed by atoms with van der Waals surface area (Å²) in [6.07, 6.45) is 7.33. The predicted octanol–water partition coefficient (Wildman–Crippen LogP) is -0.348. The molecule has 7 heteroatoms. The maximum Gasteiger partial charge on any atom is 0.332 e. The molecule has 0 aromatic carbocycles. The second-order valence-corrected chi connectivity index (χ2v) is 4.77. The number of nitrogens with zero attached hydrogens (tertiary/aromatic N) is 4. The minimum atomic E-state index is -3.47. The van der Waals surface area contributed by atoms with Crippen molar-refractivity contribution in [3.8, 4) is 0 Å². The van der Waals surface area contributed by atoms with Crippen molar-refractivity contribution >= 4 is 10.2 Å². The highest BCUT2D eigenvalue weighted by molar-refractivity contribution is 7.87. The first-order valence-electron chi connectivity index (χ1n) is 3.99. The van der Waals surface area contributed by atoms with Crippen molar-refractivity contribution in [3.05, 3.63) is 31.1 Å². The maximum atomic E-state index is 11.8. The molecule has 1 aromatic rings. The molecule has 0 amide bonds. The largest absolute Gasteiger partial charge is 0.361 e. The molecule has 14 heavy (non-hydrogen) atoms. The molecular weight excluding hydrogens is 204 g/mol. The molecule has 0 unspecified atom stereocenters. The van der Waals surface area contributed by atoms with Gasteiger partial charge in [-0.1, -0.05) is 0 Å². The highest BCUT2D eigenvalue weighted by Gasteiger charge is 2.23. The van der Waals surface area contributed by atoms with E-state index in [0.717, 1.165) is 3.97 Å². The van der Waals surface area contributed by atoms with Crippen LogP contribution in [0.25, 0.3) is 0 Å². The zero-order valence-electron chi connectivity index (χ0n) is 7.61. The molecule has 0 spiro atoms. The second kappa shape index (κ2) is 3.02. The van der Waals surface area contributed by atoms with Crippen LogP contribution in [-0.4, -0.2) is 40.3 Å². The van der Waals surface area contributed by atoms with E-state index in [4.69, 9.17) is 0 Å². The van der Waals surface area contributed by atoms with E-state index in [1.165, 1.54) is 29.2 Å². The van der Waals surface area contributed by atoms with Crippen LogP contribution in [-0.2, 0) is 10.2 Å². The molecule has 0 saturated carbocycles. The number of hydrogen-bond acceptors (Lipinski definition) is 4. The van der Waals surface area contributed by atoms with E-state index in [2.05, 4.69) is 4.98 Å². The minimum Gasteiger partial charge on any atom is -0.361 e. The third-order valence-electron chi connectivity index (χ3n) is 1.89. The van der Waals surface area contributed by atoms with Crippen LogP contribution < -0.4 is 0 Å². The van der Waals surface area contributed by atoms with Gasteiger partial charge in [-0.25, -0.2) is 13.3 Å². The summed E-state index contributed by atoms with van der Waals surface area (Å²) in [5.41, 5.74) is 0. The zero-order chi connectivity index (χ0) is 10.2. The Bertz CT molecular complexity index is 436. The first-order chi connectivity index (χ1) is 6.60. The summed E-state index contributed by atoms with van der Waals surface area (Å²) in [4.78, 5) is 5.47. The van der Waals surface area contributed by atoms with Gasteiger partial charge in [-0.05, 0) is 0 Å². The Hall–Kier alpha value is -1.50. The van der Waals surface area contributed by atoms with Crippen LogP contribution in [0.3, 0.4) is 0 Å². The van der Waals surface area contributed by atoms with Crippen LogP contribution in [0.5, 0.6) is 0 Å². The van der Waals surface area contributed by atoms with Crippen molar-refractivity contribution in [1.29, 1.82) is 0 Å². The SMILES string of the molecule is CN1C=CN(S(=O)(=O)n2ccnc2)C1. The highest BCUT2D eigenvalue weighted by atomic mass is 32.2. The van der Waals surface area contributed by atoms with Gasteiger partial charge in [0.15, 0.2) is 0 Å². The smallest absolute Gasteiger partial charge is 0.332 e. The summed E-state index contributed by atoms with van der Waals surface area (Å²) in [6.45, 7) is 0.334. The second-order valence-electron chi connectivity index (χ2n) is 2.98. The van der Waals surface area contributed by atoms with E-state index in [9.17, 15) is 8.42 Å². The van der Waals surface area contributed by atoms with Crippen molar-refractivity contribution in [2.45, 2.75) is 0 Å². The summed E-state index contributed by atoms with van der Waals surface area (Å²) in [5.74, 6) is 0. The summed E-state index contributed by atoms with van der Waals surface area (Å²) >= 11 is 0. The quantitative estimate of drug-likeness (QED) is 0.675. The number of imidazole rings is 1. The zero-order valence-corrected chi connectivity index (χ0v) is 8.42. The summed E-state index contributed by atoms with van der Waals surface area (Å²) in [7, 11) is -1.66. The van der Waals surface area contributed by atoms with Crippen molar-refractivity contribution in [1.82, 2.24) is 18.2 Å². The average Bonchev–Trinajstić information content (AvgIpc) is 2.72. The molecule has 76 valence electrons. The van der Waals surface area contributed by atoms with E-state index in [1.54, 1.807) is 18.1 Å². The molecule has 0 saturated heterocycles. The first kappa shape index (κ1) is 9.07. The molecule has 0 N–H and O–H groups in total. The van der Waals surface area contributed by atoms with Gasteiger partial charge < -0.3 is 4.90 Å². The Labute approximate surface area is 82.3 Å². The van der Waals surface area contributed by atoms with E-state index < -0.39 is 10.2 Å². The Kier molecular flexibility index (Phi) is 1.95. The van der Waals surface area contributed by atoms with Gasteiger partial charge in [0.05, 0.1) is 0 Å². The fourth-order valence-corrected chi connectivity index (χ4v) is 2.32. The van der Waals surface area contributed by atoms with E-state index in [-0.39, 0.29) is 0 Å². The molecule has 0 atom stereocenters. The monoisotopic (exact) mass is 214 g/mol. The number of hydrogen-bond donors (Lipinski definition) is 0. The van der Waals surface area contributed by atoms with Gasteiger partial charge in [0.25, 0.3) is 0 Å². The van der Waals surface area contributed by atoms with Gasteiger partial charge in [-0.2, -0.15) is 8.42 Å². The van der Waals surface area contributed by atoms with Crippen LogP contribution in [0, 0.1) is 0 Å². The summed E-state index contributed by atoms with van der Waals surface area (Å²) in [5, 5.41) is 0. The van der Waals surface area contributed by atoms with E-state index in [0.29, 0.717) is 6.67 Å². The fraction of sp³-hybridized carbons (Fsp3) is 0.286. The van der Waals surface area contributed by atoms with Crippen molar-refractivity contribution in [2.75, 3.05) is 13.7 Å². The third kappa shape index (κ3) is 1.35. The molecule has 0 fully saturated rings. The summed E-state index contributed by atoms with van der Waals surface area (Å²) in [6, 6.07) is 0. The van der Waals surface area contributed by atoms with Gasteiger partial charge in [0.2, 0.25) is 0 Å². The van der Waals surface area contributed by atoms with Crippen molar-refractivity contribution < 1.29 is 8.42 Å². The van der Waals surface area contributed by atoms with Crippen molar-refractivity contribution in [3.63, 3.8) is 0 Å². The molecule has 1 aromatic heterocycles. The van der Waals surface area contributed by atoms with Gasteiger partial charge >= 0.3 is 10.2 Å². The Morgan fingerprint density at radius 2 is 2.14 bits per heavy atom. The van der Waals surface area contributed by atoms with Crippen LogP contribution in [0.1, 0.15) is 0 Å². The number of rotatable bonds is 2. The fourth-order valence-electron chi connectivity index (χ4n) is 1.16. The Morgan fingerprint density at radius 3 is 2.64 bits per heavy atom. The molecule has 0 radical (unpaired) electrons. The first-order valence-corrected chi connectivity index (χ1v) is 5.39. The molecule has 1 aliphatic rings.